The first-order chi connectivity index (χ1) is 13.2. The third kappa shape index (κ3) is 4.97. The predicted molar refractivity (Wildman–Crippen MR) is 106 cm³/mol. The van der Waals surface area contributed by atoms with Crippen molar-refractivity contribution in [3.05, 3.63) is 42.5 Å². The average molecular weight is 386 g/mol. The van der Waals surface area contributed by atoms with E-state index < -0.39 is 5.82 Å². The van der Waals surface area contributed by atoms with E-state index in [2.05, 4.69) is 35.6 Å². The van der Waals surface area contributed by atoms with Crippen LogP contribution < -0.4 is 9.64 Å². The summed E-state index contributed by atoms with van der Waals surface area (Å²) in [7, 11) is 0. The van der Waals surface area contributed by atoms with Gasteiger partial charge in [0.25, 0.3) is 0 Å². The van der Waals surface area contributed by atoms with E-state index in [1.165, 1.54) is 12.4 Å². The van der Waals surface area contributed by atoms with Gasteiger partial charge in [-0.2, -0.15) is 0 Å². The van der Waals surface area contributed by atoms with Gasteiger partial charge in [-0.3, -0.25) is 4.79 Å². The molecule has 1 fully saturated rings. The number of piperazine rings is 1. The van der Waals surface area contributed by atoms with Crippen LogP contribution in [-0.2, 0) is 4.79 Å². The molecule has 1 saturated heterocycles. The molecule has 28 heavy (non-hydrogen) atoms. The zero-order valence-corrected chi connectivity index (χ0v) is 16.9. The van der Waals surface area contributed by atoms with Crippen molar-refractivity contribution in [2.45, 2.75) is 40.2 Å². The molecule has 0 saturated carbocycles. The highest BCUT2D eigenvalue weighted by Crippen LogP contribution is 2.26. The molecule has 3 rings (SSSR count). The second-order valence-corrected chi connectivity index (χ2v) is 8.37. The fourth-order valence-electron chi connectivity index (χ4n) is 3.29. The maximum Gasteiger partial charge on any atom is 0.224 e. The van der Waals surface area contributed by atoms with Gasteiger partial charge in [-0.1, -0.05) is 32.9 Å². The van der Waals surface area contributed by atoms with E-state index in [4.69, 9.17) is 4.74 Å². The van der Waals surface area contributed by atoms with E-state index in [0.29, 0.717) is 31.9 Å². The number of benzene rings is 1. The number of hydrogen-bond acceptors (Lipinski definition) is 5. The number of carbonyl (C=O) groups is 1. The van der Waals surface area contributed by atoms with Crippen LogP contribution in [0, 0.1) is 11.2 Å². The second-order valence-electron chi connectivity index (χ2n) is 8.37. The molecule has 0 aliphatic carbocycles. The molecule has 1 atom stereocenters. The van der Waals surface area contributed by atoms with Crippen molar-refractivity contribution in [1.29, 1.82) is 0 Å². The molecule has 0 radical (unpaired) electrons. The van der Waals surface area contributed by atoms with Crippen molar-refractivity contribution < 1.29 is 13.9 Å². The number of aromatic nitrogens is 2. The fraction of sp³-hybridized carbons (Fsp3) is 0.476. The summed E-state index contributed by atoms with van der Waals surface area (Å²) in [6, 6.07) is 7.98. The van der Waals surface area contributed by atoms with Gasteiger partial charge in [-0.05, 0) is 24.5 Å². The molecule has 150 valence electrons. The first-order valence-electron chi connectivity index (χ1n) is 9.52. The molecule has 2 aromatic rings. The lowest BCUT2D eigenvalue weighted by atomic mass is 9.91. The highest BCUT2D eigenvalue weighted by Gasteiger charge is 2.30. The molecule has 7 heteroatoms. The van der Waals surface area contributed by atoms with E-state index in [9.17, 15) is 9.18 Å². The van der Waals surface area contributed by atoms with Gasteiger partial charge in [0.05, 0.1) is 0 Å². The summed E-state index contributed by atoms with van der Waals surface area (Å²) in [6.45, 7) is 10.3. The van der Waals surface area contributed by atoms with Gasteiger partial charge in [-0.25, -0.2) is 14.4 Å². The topological polar surface area (TPSA) is 58.6 Å². The zero-order chi connectivity index (χ0) is 20.3. The van der Waals surface area contributed by atoms with Crippen molar-refractivity contribution in [3.8, 4) is 11.6 Å². The molecule has 1 amide bonds. The molecule has 0 spiro atoms. The Morgan fingerprint density at radius 1 is 1.25 bits per heavy atom. The Hall–Kier alpha value is -2.70. The van der Waals surface area contributed by atoms with E-state index in [1.807, 2.05) is 11.8 Å². The number of ether oxygens (including phenoxy) is 1. The Labute approximate surface area is 165 Å². The Morgan fingerprint density at radius 3 is 2.68 bits per heavy atom. The standard InChI is InChI=1S/C21H27FN4O2/c1-15-13-25(9-10-26(15)20(27)12-21(2,3)4)18-11-19(24-14-23-18)28-17-8-6-5-7-16(17)22/h5-8,11,14-15H,9-10,12-13H2,1-4H3/t15-/m0/s1. The number of amides is 1. The SMILES string of the molecule is C[C@H]1CN(c2cc(Oc3ccccc3F)ncn2)CCN1C(=O)CC(C)(C)C. The summed E-state index contributed by atoms with van der Waals surface area (Å²) in [5, 5.41) is 0. The third-order valence-electron chi connectivity index (χ3n) is 4.63. The predicted octanol–water partition coefficient (Wildman–Crippen LogP) is 3.88. The Morgan fingerprint density at radius 2 is 2.00 bits per heavy atom. The monoisotopic (exact) mass is 386 g/mol. The molecule has 1 aliphatic heterocycles. The lowest BCUT2D eigenvalue weighted by molar-refractivity contribution is -0.135. The Bertz CT molecular complexity index is 837. The van der Waals surface area contributed by atoms with Crippen LogP contribution in [0.5, 0.6) is 11.6 Å². The zero-order valence-electron chi connectivity index (χ0n) is 16.9. The number of hydrogen-bond donors (Lipinski definition) is 0. The molecule has 0 unspecified atom stereocenters. The van der Waals surface area contributed by atoms with Crippen LogP contribution in [-0.4, -0.2) is 46.5 Å². The van der Waals surface area contributed by atoms with Gasteiger partial charge in [0.15, 0.2) is 11.6 Å². The highest BCUT2D eigenvalue weighted by atomic mass is 19.1. The van der Waals surface area contributed by atoms with Gasteiger partial charge in [0, 0.05) is 38.2 Å². The molecule has 6 nitrogen and oxygen atoms in total. The van der Waals surface area contributed by atoms with Crippen LogP contribution in [0.2, 0.25) is 0 Å². The number of nitrogens with zero attached hydrogens (tertiary/aromatic N) is 4. The molecule has 1 aromatic heterocycles. The van der Waals surface area contributed by atoms with Crippen molar-refractivity contribution in [2.75, 3.05) is 24.5 Å². The minimum atomic E-state index is -0.442. The van der Waals surface area contributed by atoms with Crippen LogP contribution in [0.4, 0.5) is 10.2 Å². The quantitative estimate of drug-likeness (QED) is 0.798. The lowest BCUT2D eigenvalue weighted by Crippen LogP contribution is -2.54. The van der Waals surface area contributed by atoms with Gasteiger partial charge in [0.2, 0.25) is 11.8 Å². The summed E-state index contributed by atoms with van der Waals surface area (Å²) in [5.74, 6) is 0.858. The summed E-state index contributed by atoms with van der Waals surface area (Å²) in [4.78, 5) is 25.0. The maximum absolute atomic E-state index is 13.8. The molecule has 0 N–H and O–H groups in total. The smallest absolute Gasteiger partial charge is 0.224 e. The van der Waals surface area contributed by atoms with Crippen LogP contribution in [0.15, 0.2) is 36.7 Å². The molecular weight excluding hydrogens is 359 g/mol. The van der Waals surface area contributed by atoms with E-state index in [0.717, 1.165) is 0 Å². The molecule has 1 aliphatic rings. The number of anilines is 1. The summed E-state index contributed by atoms with van der Waals surface area (Å²) in [5.41, 5.74) is -0.0282. The van der Waals surface area contributed by atoms with Gasteiger partial charge >= 0.3 is 0 Å². The fourth-order valence-corrected chi connectivity index (χ4v) is 3.29. The van der Waals surface area contributed by atoms with E-state index in [1.54, 1.807) is 24.3 Å². The molecule has 2 heterocycles. The number of para-hydroxylation sites is 1. The van der Waals surface area contributed by atoms with Crippen molar-refractivity contribution in [3.63, 3.8) is 0 Å². The Kier molecular flexibility index (Phi) is 5.82. The van der Waals surface area contributed by atoms with Gasteiger partial charge in [-0.15, -0.1) is 0 Å². The molecular formula is C21H27FN4O2. The van der Waals surface area contributed by atoms with Crippen molar-refractivity contribution >= 4 is 11.7 Å². The second kappa shape index (κ2) is 8.12. The normalized spacial score (nSPS) is 17.5. The van der Waals surface area contributed by atoms with Crippen LogP contribution in [0.1, 0.15) is 34.1 Å². The number of carbonyl (C=O) groups excluding carboxylic acids is 1. The molecule has 1 aromatic carbocycles. The summed E-state index contributed by atoms with van der Waals surface area (Å²) < 4.78 is 19.4. The highest BCUT2D eigenvalue weighted by molar-refractivity contribution is 5.77. The van der Waals surface area contributed by atoms with E-state index in [-0.39, 0.29) is 29.0 Å². The Balaban J connectivity index is 1.67. The first-order valence-corrected chi connectivity index (χ1v) is 9.52. The van der Waals surface area contributed by atoms with E-state index >= 15 is 0 Å². The van der Waals surface area contributed by atoms with Crippen LogP contribution >= 0.6 is 0 Å². The largest absolute Gasteiger partial charge is 0.436 e. The van der Waals surface area contributed by atoms with Gasteiger partial charge in [0.1, 0.15) is 12.1 Å². The minimum absolute atomic E-state index is 0.0282. The number of halogens is 1. The van der Waals surface area contributed by atoms with Crippen LogP contribution in [0.25, 0.3) is 0 Å². The van der Waals surface area contributed by atoms with Crippen molar-refractivity contribution in [1.82, 2.24) is 14.9 Å². The average Bonchev–Trinajstić information content (AvgIpc) is 2.62. The summed E-state index contributed by atoms with van der Waals surface area (Å²) >= 11 is 0. The lowest BCUT2D eigenvalue weighted by Gasteiger charge is -2.41. The van der Waals surface area contributed by atoms with Gasteiger partial charge < -0.3 is 14.5 Å². The number of rotatable bonds is 4. The summed E-state index contributed by atoms with van der Waals surface area (Å²) in [6.07, 6.45) is 1.94. The maximum atomic E-state index is 13.8. The van der Waals surface area contributed by atoms with Crippen molar-refractivity contribution in [2.24, 2.45) is 5.41 Å². The minimum Gasteiger partial charge on any atom is -0.436 e. The van der Waals surface area contributed by atoms with Crippen LogP contribution in [0.3, 0.4) is 0 Å². The molecule has 0 bridgehead atoms. The third-order valence-corrected chi connectivity index (χ3v) is 4.63. The first kappa shape index (κ1) is 20.0.